The largest absolute Gasteiger partial charge is 0.507 e. The molecule has 0 aliphatic rings. The lowest BCUT2D eigenvalue weighted by Crippen LogP contribution is -2.14. The van der Waals surface area contributed by atoms with E-state index in [4.69, 9.17) is 0 Å². The minimum absolute atomic E-state index is 0.166. The lowest BCUT2D eigenvalue weighted by molar-refractivity contribution is 0.152. The first kappa shape index (κ1) is 19.4. The molecule has 0 aliphatic heterocycles. The zero-order valence-electron chi connectivity index (χ0n) is 14.3. The minimum Gasteiger partial charge on any atom is -0.507 e. The van der Waals surface area contributed by atoms with Gasteiger partial charge in [0.1, 0.15) is 5.75 Å². The van der Waals surface area contributed by atoms with Gasteiger partial charge in [0.05, 0.1) is 0 Å². The van der Waals surface area contributed by atoms with E-state index < -0.39 is 15.2 Å². The molecule has 130 valence electrons. The van der Waals surface area contributed by atoms with Gasteiger partial charge < -0.3 is 10.4 Å². The van der Waals surface area contributed by atoms with Crippen molar-refractivity contribution in [3.8, 4) is 5.75 Å². The van der Waals surface area contributed by atoms with Crippen molar-refractivity contribution in [2.24, 2.45) is 0 Å². The van der Waals surface area contributed by atoms with Crippen molar-refractivity contribution in [1.29, 1.82) is 0 Å². The molecule has 5 heteroatoms. The molecule has 1 aromatic carbocycles. The van der Waals surface area contributed by atoms with Crippen molar-refractivity contribution in [2.75, 3.05) is 25.0 Å². The number of allylic oxidation sites excluding steroid dienone is 2. The van der Waals surface area contributed by atoms with Gasteiger partial charge >= 0.3 is 0 Å². The van der Waals surface area contributed by atoms with E-state index in [1.54, 1.807) is 18.3 Å². The first-order chi connectivity index (χ1) is 10.5. The number of aromatic hydroxyl groups is 1. The van der Waals surface area contributed by atoms with Crippen LogP contribution in [0.25, 0.3) is 0 Å². The molecule has 0 atom stereocenters. The number of phenols is 1. The van der Waals surface area contributed by atoms with E-state index in [-0.39, 0.29) is 12.2 Å². The summed E-state index contributed by atoms with van der Waals surface area (Å²) in [7, 11) is -2.01. The predicted molar refractivity (Wildman–Crippen MR) is 100 cm³/mol. The van der Waals surface area contributed by atoms with Crippen molar-refractivity contribution in [2.45, 2.75) is 19.4 Å². The Kier molecular flexibility index (Phi) is 6.17. The third-order valence-electron chi connectivity index (χ3n) is 3.24. The van der Waals surface area contributed by atoms with Crippen molar-refractivity contribution < 1.29 is 13.9 Å². The van der Waals surface area contributed by atoms with Gasteiger partial charge in [0.2, 0.25) is 6.43 Å². The zero-order valence-corrected chi connectivity index (χ0v) is 15.1. The predicted octanol–water partition coefficient (Wildman–Crippen LogP) is 4.22. The summed E-state index contributed by atoms with van der Waals surface area (Å²) in [5, 5.41) is 13.3. The fourth-order valence-corrected chi connectivity index (χ4v) is 3.84. The molecule has 1 aromatic rings. The quantitative estimate of drug-likeness (QED) is 0.441. The van der Waals surface area contributed by atoms with Crippen LogP contribution in [0.4, 0.5) is 8.78 Å². The Morgan fingerprint density at radius 2 is 1.96 bits per heavy atom. The monoisotopic (exact) mass is 343 g/mol. The van der Waals surface area contributed by atoms with Crippen LogP contribution >= 0.6 is 8.75 Å². The number of nitrogens with one attached hydrogen (secondary N) is 1. The van der Waals surface area contributed by atoms with Gasteiger partial charge in [-0.3, -0.25) is 0 Å². The number of benzene rings is 1. The summed E-state index contributed by atoms with van der Waals surface area (Å²) in [5.74, 6) is 0.166. The summed E-state index contributed by atoms with van der Waals surface area (Å²) in [6.45, 7) is 4.21. The molecule has 2 nitrogen and oxygen atoms in total. The Hall–Kier alpha value is -1.62. The maximum absolute atomic E-state index is 12.4. The van der Waals surface area contributed by atoms with Crippen molar-refractivity contribution in [3.05, 3.63) is 54.3 Å². The van der Waals surface area contributed by atoms with Crippen molar-refractivity contribution >= 4 is 13.6 Å². The minimum atomic E-state index is -2.37. The molecular weight excluding hydrogens is 316 g/mol. The fraction of sp³-hybridized carbons (Fsp3) is 0.389. The topological polar surface area (TPSA) is 32.3 Å². The maximum Gasteiger partial charge on any atom is 0.242 e. The van der Waals surface area contributed by atoms with E-state index in [0.29, 0.717) is 12.1 Å². The number of hydrogen-bond donors (Lipinski definition) is 2. The van der Waals surface area contributed by atoms with Crippen LogP contribution in [-0.2, 0) is 6.54 Å². The number of hydrogen-bond acceptors (Lipinski definition) is 2. The normalized spacial score (nSPS) is 13.8. The highest BCUT2D eigenvalue weighted by Crippen LogP contribution is 2.48. The van der Waals surface area contributed by atoms with Crippen LogP contribution in [-0.4, -0.2) is 41.4 Å². The molecule has 0 saturated heterocycles. The summed E-state index contributed by atoms with van der Waals surface area (Å²) < 4.78 is 24.9. The van der Waals surface area contributed by atoms with Gasteiger partial charge in [0.25, 0.3) is 0 Å². The van der Waals surface area contributed by atoms with Crippen LogP contribution in [0.15, 0.2) is 43.1 Å². The molecule has 0 aromatic heterocycles. The van der Waals surface area contributed by atoms with Crippen LogP contribution < -0.4 is 5.32 Å². The lowest BCUT2D eigenvalue weighted by atomic mass is 10.1. The molecule has 23 heavy (non-hydrogen) atoms. The van der Waals surface area contributed by atoms with Gasteiger partial charge in [-0.05, 0) is 53.8 Å². The standard InChI is InChI=1S/C18H27F2NOS/c1-6-21-13-14-10-11-16(22)15(12-14)17(23(2,3,4)5)8-7-9-18(19)20/h6-8,10-12,18,21-22H,1,9,13H2,2-5H3/b8-7-. The molecule has 0 fully saturated rings. The Morgan fingerprint density at radius 1 is 1.30 bits per heavy atom. The summed E-state index contributed by atoms with van der Waals surface area (Å²) in [4.78, 5) is 0.917. The summed E-state index contributed by atoms with van der Waals surface area (Å²) in [6, 6.07) is 5.39. The average molecular weight is 343 g/mol. The first-order valence-corrected chi connectivity index (χ1v) is 11.0. The van der Waals surface area contributed by atoms with Gasteiger partial charge in [-0.2, -0.15) is 0 Å². The van der Waals surface area contributed by atoms with Gasteiger partial charge in [-0.1, -0.05) is 24.8 Å². The number of halogens is 2. The molecule has 0 heterocycles. The number of rotatable bonds is 7. The Morgan fingerprint density at radius 3 is 2.48 bits per heavy atom. The molecule has 0 amide bonds. The molecule has 1 rings (SSSR count). The average Bonchev–Trinajstić information content (AvgIpc) is 2.41. The van der Waals surface area contributed by atoms with E-state index in [9.17, 15) is 13.9 Å². The third kappa shape index (κ3) is 6.18. The molecule has 0 spiro atoms. The fourth-order valence-electron chi connectivity index (χ4n) is 2.16. The van der Waals surface area contributed by atoms with Crippen molar-refractivity contribution in [1.82, 2.24) is 5.32 Å². The second kappa shape index (κ2) is 7.30. The van der Waals surface area contributed by atoms with Gasteiger partial charge in [0, 0.05) is 18.5 Å². The lowest BCUT2D eigenvalue weighted by Gasteiger charge is -2.37. The molecule has 0 radical (unpaired) electrons. The van der Waals surface area contributed by atoms with E-state index >= 15 is 0 Å². The number of alkyl halides is 2. The van der Waals surface area contributed by atoms with Gasteiger partial charge in [-0.15, -0.1) is 0 Å². The molecule has 0 aliphatic carbocycles. The summed E-state index contributed by atoms with van der Waals surface area (Å²) in [6.07, 6.45) is 10.7. The molecular formula is C18H27F2NOS. The van der Waals surface area contributed by atoms with Crippen molar-refractivity contribution in [3.63, 3.8) is 0 Å². The van der Waals surface area contributed by atoms with E-state index in [1.807, 2.05) is 12.1 Å². The van der Waals surface area contributed by atoms with E-state index in [0.717, 1.165) is 10.4 Å². The highest BCUT2D eigenvalue weighted by molar-refractivity contribution is 8.46. The highest BCUT2D eigenvalue weighted by atomic mass is 32.3. The van der Waals surface area contributed by atoms with Crippen LogP contribution in [0.3, 0.4) is 0 Å². The summed E-state index contributed by atoms with van der Waals surface area (Å²) in [5.41, 5.74) is 1.70. The smallest absolute Gasteiger partial charge is 0.242 e. The first-order valence-electron chi connectivity index (χ1n) is 7.33. The Bertz CT molecular complexity index is 648. The third-order valence-corrected chi connectivity index (χ3v) is 5.36. The van der Waals surface area contributed by atoms with Gasteiger partial charge in [-0.25, -0.2) is 17.5 Å². The highest BCUT2D eigenvalue weighted by Gasteiger charge is 2.19. The number of phenolic OH excluding ortho intramolecular Hbond substituents is 1. The van der Waals surface area contributed by atoms with Crippen LogP contribution in [0, 0.1) is 0 Å². The molecule has 0 bridgehead atoms. The second-order valence-corrected chi connectivity index (χ2v) is 14.1. The van der Waals surface area contributed by atoms with Crippen LogP contribution in [0.5, 0.6) is 5.75 Å². The SMILES string of the molecule is C=CNCc1ccc(O)c(C(/C=C\CC(F)F)=S(C)(C)(C)C)c1. The van der Waals surface area contributed by atoms with E-state index in [2.05, 4.69) is 36.9 Å². The van der Waals surface area contributed by atoms with Gasteiger partial charge in [0.15, 0.2) is 0 Å². The Labute approximate surface area is 137 Å². The maximum atomic E-state index is 12.4. The molecule has 0 unspecified atom stereocenters. The Balaban J connectivity index is 3.42. The molecule has 2 N–H and O–H groups in total. The zero-order chi connectivity index (χ0) is 17.7. The van der Waals surface area contributed by atoms with Crippen LogP contribution in [0.1, 0.15) is 17.5 Å². The second-order valence-electron chi connectivity index (χ2n) is 7.10. The van der Waals surface area contributed by atoms with E-state index in [1.165, 1.54) is 6.08 Å². The molecule has 0 saturated carbocycles. The van der Waals surface area contributed by atoms with Crippen LogP contribution in [0.2, 0.25) is 0 Å². The summed E-state index contributed by atoms with van der Waals surface area (Å²) >= 11 is 0.